The predicted octanol–water partition coefficient (Wildman–Crippen LogP) is -3.34. The van der Waals surface area contributed by atoms with E-state index in [1.165, 1.54) is 32.5 Å². The number of hydrogen-bond donors (Lipinski definition) is 15. The number of carboxylic acid groups (broad SMARTS) is 4. The van der Waals surface area contributed by atoms with Crippen LogP contribution in [0.3, 0.4) is 0 Å². The van der Waals surface area contributed by atoms with Crippen LogP contribution in [-0.4, -0.2) is 176 Å². The van der Waals surface area contributed by atoms with Crippen molar-refractivity contribution in [3.05, 3.63) is 0 Å². The average Bonchev–Trinajstić information content (AvgIpc) is 3.29. The van der Waals surface area contributed by atoms with Gasteiger partial charge in [0.05, 0.1) is 25.4 Å². The van der Waals surface area contributed by atoms with Gasteiger partial charge in [-0.3, -0.25) is 57.5 Å². The second kappa shape index (κ2) is 33.4. The summed E-state index contributed by atoms with van der Waals surface area (Å²) in [6.45, 7) is 10.00. The number of rotatable bonds is 35. The van der Waals surface area contributed by atoms with Crippen LogP contribution >= 0.6 is 24.4 Å². The minimum Gasteiger partial charge on any atom is -0.481 e. The normalized spacial score (nSPS) is 15.2. The Morgan fingerprint density at radius 3 is 1.49 bits per heavy atom. The Bertz CT molecular complexity index is 1940. The molecule has 27 nitrogen and oxygen atoms in total. The first-order valence-electron chi connectivity index (χ1n) is 22.9. The molecular weight excluding hydrogens is 993 g/mol. The molecule has 0 saturated carbocycles. The zero-order valence-electron chi connectivity index (χ0n) is 41.5. The molecule has 9 amide bonds. The maximum Gasteiger partial charge on any atom is 0.326 e. The van der Waals surface area contributed by atoms with Crippen molar-refractivity contribution in [3.8, 4) is 0 Å². The Labute approximate surface area is 426 Å². The van der Waals surface area contributed by atoms with Crippen molar-refractivity contribution < 1.29 is 82.8 Å². The first-order chi connectivity index (χ1) is 33.5. The third-order valence-electron chi connectivity index (χ3n) is 10.6. The van der Waals surface area contributed by atoms with E-state index in [0.717, 1.165) is 0 Å². The van der Waals surface area contributed by atoms with Crippen molar-refractivity contribution in [2.45, 2.75) is 148 Å². The highest BCUT2D eigenvalue weighted by Crippen LogP contribution is 2.12. The van der Waals surface area contributed by atoms with Gasteiger partial charge in [-0.05, 0) is 55.9 Å². The number of carboxylic acids is 4. The number of thioether (sulfide) groups is 1. The van der Waals surface area contributed by atoms with Crippen LogP contribution in [0.4, 0.5) is 0 Å². The first-order valence-corrected chi connectivity index (χ1v) is 24.9. The number of carbonyl (C=O) groups excluding carboxylic acids is 9. The summed E-state index contributed by atoms with van der Waals surface area (Å²) in [5, 5.41) is 58.6. The number of aliphatic carboxylic acids is 4. The molecule has 0 fully saturated rings. The Kier molecular flexibility index (Phi) is 30.5. The molecule has 0 bridgehead atoms. The van der Waals surface area contributed by atoms with E-state index in [4.69, 9.17) is 5.73 Å². The zero-order chi connectivity index (χ0) is 55.6. The van der Waals surface area contributed by atoms with Gasteiger partial charge in [-0.25, -0.2) is 4.79 Å². The first kappa shape index (κ1) is 65.8. The minimum absolute atomic E-state index is 0.00692. The smallest absolute Gasteiger partial charge is 0.326 e. The van der Waals surface area contributed by atoms with Crippen molar-refractivity contribution >= 4 is 101 Å². The Hall–Kier alpha value is -6.23. The highest BCUT2D eigenvalue weighted by Gasteiger charge is 2.36. The van der Waals surface area contributed by atoms with Crippen LogP contribution in [0.25, 0.3) is 0 Å². The van der Waals surface area contributed by atoms with E-state index in [1.54, 1.807) is 34.0 Å². The van der Waals surface area contributed by atoms with Crippen molar-refractivity contribution in [1.29, 1.82) is 0 Å². The molecule has 29 heteroatoms. The monoisotopic (exact) mass is 1060 g/mol. The summed E-state index contributed by atoms with van der Waals surface area (Å²) in [6.07, 6.45) is -1.07. The highest BCUT2D eigenvalue weighted by molar-refractivity contribution is 7.98. The van der Waals surface area contributed by atoms with Gasteiger partial charge in [-0.2, -0.15) is 24.4 Å². The van der Waals surface area contributed by atoms with Crippen LogP contribution in [0.15, 0.2) is 0 Å². The molecule has 0 aliphatic rings. The fraction of sp³-hybridized carbons (Fsp3) is 0.698. The van der Waals surface area contributed by atoms with Gasteiger partial charge in [0.1, 0.15) is 48.3 Å². The quantitative estimate of drug-likeness (QED) is 0.0276. The number of carbonyl (C=O) groups is 13. The third-order valence-corrected chi connectivity index (χ3v) is 11.7. The van der Waals surface area contributed by atoms with Crippen molar-refractivity contribution in [2.24, 2.45) is 23.5 Å². The van der Waals surface area contributed by atoms with Crippen molar-refractivity contribution in [3.63, 3.8) is 0 Å². The Morgan fingerprint density at radius 2 is 1.01 bits per heavy atom. The molecule has 0 spiro atoms. The van der Waals surface area contributed by atoms with E-state index in [9.17, 15) is 82.8 Å². The second-order valence-electron chi connectivity index (χ2n) is 17.6. The average molecular weight is 1070 g/mol. The standard InChI is InChI=1S/C43H72N10O17S2/c1-9-21(6)34(41(67)45-17-29(54)47-26(15-31(57)58)39(65)50-27(16-32(59)60)40(66)51-28(43(69)70)14-19(2)3)53-42(68)33(20(4)5)52-38(64)24(10-11-30(55)56)48-35(61)22(7)46-37(63)25(12-13-72-8)49-36(62)23(44)18-71/h19-28,33-34,71H,9-18,44H2,1-8H3,(H,45,67)(H,46,63)(H,47,54)(H,48,61)(H,49,62)(H,50,65)(H,51,66)(H,52,64)(H,53,68)(H,55,56)(H,57,58)(H,59,60)(H,69,70)/t21-,22-,23-,24-,25-,26-,27-,28-,33-,34-/m0/s1. The van der Waals surface area contributed by atoms with Crippen molar-refractivity contribution in [2.75, 3.05) is 24.3 Å². The SMILES string of the molecule is CC[C@H](C)[C@H](NC(=O)[C@@H](NC(=O)[C@H](CCC(=O)O)NC(=O)[C@H](C)NC(=O)[C@H](CCSC)NC(=O)[C@@H](N)CS)C(C)C)C(=O)NCC(=O)N[C@@H](CC(=O)O)C(=O)N[C@@H](CC(=O)O)C(=O)N[C@@H](CC(C)C)C(=O)O. The molecule has 0 rings (SSSR count). The lowest BCUT2D eigenvalue weighted by Gasteiger charge is -2.29. The summed E-state index contributed by atoms with van der Waals surface area (Å²) in [4.78, 5) is 166. The van der Waals surface area contributed by atoms with E-state index in [1.807, 2.05) is 5.32 Å². The van der Waals surface area contributed by atoms with Crippen LogP contribution in [0, 0.1) is 17.8 Å². The van der Waals surface area contributed by atoms with Crippen LogP contribution in [0.5, 0.6) is 0 Å². The summed E-state index contributed by atoms with van der Waals surface area (Å²) in [5.74, 6) is -16.0. The number of amides is 9. The molecule has 0 radical (unpaired) electrons. The Morgan fingerprint density at radius 1 is 0.542 bits per heavy atom. The van der Waals surface area contributed by atoms with Gasteiger partial charge < -0.3 is 74.0 Å². The molecule has 0 aromatic rings. The maximum atomic E-state index is 13.8. The Balaban J connectivity index is 6.18. The van der Waals surface area contributed by atoms with E-state index in [2.05, 4.69) is 55.2 Å². The lowest BCUT2D eigenvalue weighted by atomic mass is 9.96. The molecule has 0 saturated heterocycles. The summed E-state index contributed by atoms with van der Waals surface area (Å²) in [7, 11) is 0. The van der Waals surface area contributed by atoms with E-state index in [0.29, 0.717) is 5.75 Å². The summed E-state index contributed by atoms with van der Waals surface area (Å²) < 4.78 is 0. The zero-order valence-corrected chi connectivity index (χ0v) is 43.2. The molecule has 10 atom stereocenters. The molecule has 15 N–H and O–H groups in total. The molecule has 0 heterocycles. The molecular formula is C43H72N10O17S2. The third kappa shape index (κ3) is 25.2. The van der Waals surface area contributed by atoms with Gasteiger partial charge in [0.15, 0.2) is 0 Å². The van der Waals surface area contributed by atoms with Crippen LogP contribution < -0.4 is 53.6 Å². The largest absolute Gasteiger partial charge is 0.481 e. The molecule has 408 valence electrons. The molecule has 0 aliphatic heterocycles. The van der Waals surface area contributed by atoms with E-state index in [-0.39, 0.29) is 30.9 Å². The topological polar surface area (TPSA) is 437 Å². The number of hydrogen-bond acceptors (Lipinski definition) is 16. The van der Waals surface area contributed by atoms with Gasteiger partial charge >= 0.3 is 23.9 Å². The van der Waals surface area contributed by atoms with Gasteiger partial charge in [0.2, 0.25) is 53.2 Å². The van der Waals surface area contributed by atoms with E-state index < -0.39 is 175 Å². The lowest BCUT2D eigenvalue weighted by Crippen LogP contribution is -2.61. The molecule has 0 aromatic heterocycles. The van der Waals surface area contributed by atoms with Gasteiger partial charge in [0.25, 0.3) is 0 Å². The number of nitrogens with one attached hydrogen (secondary N) is 9. The van der Waals surface area contributed by atoms with Crippen LogP contribution in [-0.2, 0) is 62.3 Å². The fourth-order valence-corrected chi connectivity index (χ4v) is 6.98. The van der Waals surface area contributed by atoms with Crippen molar-refractivity contribution in [1.82, 2.24) is 47.9 Å². The van der Waals surface area contributed by atoms with Crippen LogP contribution in [0.2, 0.25) is 0 Å². The van der Waals surface area contributed by atoms with E-state index >= 15 is 0 Å². The fourth-order valence-electron chi connectivity index (χ4n) is 6.34. The van der Waals surface area contributed by atoms with Gasteiger partial charge in [0, 0.05) is 12.2 Å². The molecule has 0 unspecified atom stereocenters. The highest BCUT2D eigenvalue weighted by atomic mass is 32.2. The van der Waals surface area contributed by atoms with Gasteiger partial charge in [-0.15, -0.1) is 0 Å². The summed E-state index contributed by atoms with van der Waals surface area (Å²) in [5.41, 5.74) is 5.72. The second-order valence-corrected chi connectivity index (χ2v) is 18.9. The molecule has 0 aliphatic carbocycles. The minimum atomic E-state index is -1.95. The van der Waals surface area contributed by atoms with Gasteiger partial charge in [-0.1, -0.05) is 48.0 Å². The summed E-state index contributed by atoms with van der Waals surface area (Å²) >= 11 is 5.38. The van der Waals surface area contributed by atoms with Crippen LogP contribution in [0.1, 0.15) is 93.4 Å². The summed E-state index contributed by atoms with van der Waals surface area (Å²) in [6, 6.07) is -13.1. The predicted molar refractivity (Wildman–Crippen MR) is 262 cm³/mol. The number of nitrogens with two attached hydrogens (primary N) is 1. The number of thiol groups is 1. The molecule has 72 heavy (non-hydrogen) atoms. The molecule has 0 aromatic carbocycles. The maximum absolute atomic E-state index is 13.8. The lowest BCUT2D eigenvalue weighted by molar-refractivity contribution is -0.145.